The number of nitrogens with one attached hydrogen (secondary N) is 1. The normalized spacial score (nSPS) is 13.3. The number of hydrogen-bond donors (Lipinski definition) is 1. The Morgan fingerprint density at radius 3 is 2.81 bits per heavy atom. The summed E-state index contributed by atoms with van der Waals surface area (Å²) in [5.74, 6) is 1.75. The number of benzene rings is 2. The molecular formula is C22H19ClN6O2. The van der Waals surface area contributed by atoms with Crippen molar-refractivity contribution in [1.82, 2.24) is 25.2 Å². The molecule has 1 N–H and O–H groups in total. The van der Waals surface area contributed by atoms with E-state index in [1.807, 2.05) is 41.1 Å². The van der Waals surface area contributed by atoms with Crippen LogP contribution in [0.15, 0.2) is 59.1 Å². The Kier molecular flexibility index (Phi) is 5.21. The molecule has 8 nitrogen and oxygen atoms in total. The summed E-state index contributed by atoms with van der Waals surface area (Å²) in [7, 11) is 0. The number of anilines is 1. The second-order valence-electron chi connectivity index (χ2n) is 7.43. The van der Waals surface area contributed by atoms with Gasteiger partial charge < -0.3 is 9.73 Å². The van der Waals surface area contributed by atoms with Gasteiger partial charge in [-0.1, -0.05) is 23.7 Å². The molecule has 1 fully saturated rings. The Bertz CT molecular complexity index is 1210. The van der Waals surface area contributed by atoms with Crippen LogP contribution in [0.5, 0.6) is 0 Å². The van der Waals surface area contributed by atoms with E-state index in [4.69, 9.17) is 16.0 Å². The molecule has 2 aromatic carbocycles. The van der Waals surface area contributed by atoms with Crippen LogP contribution < -0.4 is 5.32 Å². The van der Waals surface area contributed by atoms with Crippen molar-refractivity contribution in [2.45, 2.75) is 31.7 Å². The van der Waals surface area contributed by atoms with Crippen molar-refractivity contribution < 1.29 is 9.21 Å². The molecule has 0 saturated heterocycles. The number of tetrazole rings is 1. The maximum absolute atomic E-state index is 12.4. The summed E-state index contributed by atoms with van der Waals surface area (Å²) in [5, 5.41) is 15.6. The maximum Gasteiger partial charge on any atom is 0.224 e. The van der Waals surface area contributed by atoms with Crippen LogP contribution in [0.3, 0.4) is 0 Å². The highest BCUT2D eigenvalue weighted by Gasteiger charge is 2.28. The van der Waals surface area contributed by atoms with Gasteiger partial charge in [-0.2, -0.15) is 0 Å². The van der Waals surface area contributed by atoms with Crippen molar-refractivity contribution in [1.29, 1.82) is 0 Å². The highest BCUT2D eigenvalue weighted by atomic mass is 35.5. The number of oxazole rings is 1. The van der Waals surface area contributed by atoms with Gasteiger partial charge in [-0.05, 0) is 59.7 Å². The minimum Gasteiger partial charge on any atom is -0.441 e. The zero-order chi connectivity index (χ0) is 21.2. The van der Waals surface area contributed by atoms with Crippen molar-refractivity contribution in [2.75, 3.05) is 5.32 Å². The Labute approximate surface area is 183 Å². The standard InChI is InChI=1S/C22H19ClN6O2/c23-16-6-4-14(5-7-16)19-13-24-21(31-19)11-10-20(30)25-17-3-1-2-15(12-17)22-26-27-28-29(22)18-8-9-18/h1-7,12-13,18H,8-11H2,(H,25,30). The number of amides is 1. The molecule has 0 unspecified atom stereocenters. The lowest BCUT2D eigenvalue weighted by Crippen LogP contribution is -2.12. The number of halogens is 1. The predicted octanol–water partition coefficient (Wildman–Crippen LogP) is 4.55. The van der Waals surface area contributed by atoms with Crippen molar-refractivity contribution in [3.63, 3.8) is 0 Å². The van der Waals surface area contributed by atoms with E-state index in [9.17, 15) is 4.79 Å². The Hall–Kier alpha value is -3.52. The van der Waals surface area contributed by atoms with Crippen LogP contribution in [0.25, 0.3) is 22.7 Å². The van der Waals surface area contributed by atoms with E-state index >= 15 is 0 Å². The van der Waals surface area contributed by atoms with Crippen LogP contribution in [0.1, 0.15) is 31.2 Å². The zero-order valence-electron chi connectivity index (χ0n) is 16.5. The van der Waals surface area contributed by atoms with E-state index < -0.39 is 0 Å². The molecule has 0 aliphatic heterocycles. The van der Waals surface area contributed by atoms with Gasteiger partial charge in [0.15, 0.2) is 17.5 Å². The highest BCUT2D eigenvalue weighted by Crippen LogP contribution is 2.36. The topological polar surface area (TPSA) is 98.7 Å². The number of aryl methyl sites for hydroxylation is 1. The molecule has 0 atom stereocenters. The number of carbonyl (C=O) groups excluding carboxylic acids is 1. The maximum atomic E-state index is 12.4. The molecule has 2 aromatic heterocycles. The third kappa shape index (κ3) is 4.49. The average Bonchev–Trinajstić information content (AvgIpc) is 3.31. The lowest BCUT2D eigenvalue weighted by Gasteiger charge is -2.07. The van der Waals surface area contributed by atoms with E-state index in [0.717, 1.165) is 24.0 Å². The summed E-state index contributed by atoms with van der Waals surface area (Å²) in [5.41, 5.74) is 2.45. The van der Waals surface area contributed by atoms with E-state index in [1.54, 1.807) is 18.3 Å². The minimum atomic E-state index is -0.120. The van der Waals surface area contributed by atoms with Crippen molar-refractivity contribution >= 4 is 23.2 Å². The highest BCUT2D eigenvalue weighted by molar-refractivity contribution is 6.30. The SMILES string of the molecule is O=C(CCc1ncc(-c2ccc(Cl)cc2)o1)Nc1cccc(-c2nnnn2C2CC2)c1. The fourth-order valence-corrected chi connectivity index (χ4v) is 3.43. The quantitative estimate of drug-likeness (QED) is 0.458. The number of aromatic nitrogens is 5. The summed E-state index contributed by atoms with van der Waals surface area (Å²) in [4.78, 5) is 16.7. The van der Waals surface area contributed by atoms with Crippen LogP contribution in [-0.4, -0.2) is 31.1 Å². The van der Waals surface area contributed by atoms with Gasteiger partial charge >= 0.3 is 0 Å². The third-order valence-electron chi connectivity index (χ3n) is 5.04. The van der Waals surface area contributed by atoms with Crippen LogP contribution >= 0.6 is 11.6 Å². The van der Waals surface area contributed by atoms with Crippen LogP contribution in [0.2, 0.25) is 5.02 Å². The van der Waals surface area contributed by atoms with Crippen molar-refractivity contribution in [3.05, 3.63) is 65.6 Å². The van der Waals surface area contributed by atoms with Gasteiger partial charge in [0.1, 0.15) is 0 Å². The summed E-state index contributed by atoms with van der Waals surface area (Å²) in [6.07, 6.45) is 4.50. The van der Waals surface area contributed by atoms with Crippen molar-refractivity contribution in [3.8, 4) is 22.7 Å². The monoisotopic (exact) mass is 434 g/mol. The zero-order valence-corrected chi connectivity index (χ0v) is 17.3. The summed E-state index contributed by atoms with van der Waals surface area (Å²) in [6, 6.07) is 15.2. The molecule has 1 aliphatic carbocycles. The lowest BCUT2D eigenvalue weighted by atomic mass is 10.2. The smallest absolute Gasteiger partial charge is 0.224 e. The average molecular weight is 435 g/mol. The Balaban J connectivity index is 1.20. The second kappa shape index (κ2) is 8.31. The Morgan fingerprint density at radius 1 is 1.16 bits per heavy atom. The fourth-order valence-electron chi connectivity index (χ4n) is 3.30. The number of carbonyl (C=O) groups is 1. The van der Waals surface area contributed by atoms with Gasteiger partial charge in [0.25, 0.3) is 0 Å². The lowest BCUT2D eigenvalue weighted by molar-refractivity contribution is -0.116. The molecule has 1 aliphatic rings. The number of rotatable bonds is 7. The van der Waals surface area contributed by atoms with E-state index in [-0.39, 0.29) is 12.3 Å². The van der Waals surface area contributed by atoms with Crippen LogP contribution in [0, 0.1) is 0 Å². The third-order valence-corrected chi connectivity index (χ3v) is 5.29. The van der Waals surface area contributed by atoms with Crippen molar-refractivity contribution in [2.24, 2.45) is 0 Å². The van der Waals surface area contributed by atoms with E-state index in [1.165, 1.54) is 0 Å². The van der Waals surface area contributed by atoms with Gasteiger partial charge in [0, 0.05) is 34.7 Å². The summed E-state index contributed by atoms with van der Waals surface area (Å²) in [6.45, 7) is 0. The molecule has 31 heavy (non-hydrogen) atoms. The first-order chi connectivity index (χ1) is 15.2. The molecule has 0 bridgehead atoms. The predicted molar refractivity (Wildman–Crippen MR) is 115 cm³/mol. The van der Waals surface area contributed by atoms with Gasteiger partial charge in [-0.25, -0.2) is 9.67 Å². The molecular weight excluding hydrogens is 416 g/mol. The molecule has 0 spiro atoms. The molecule has 5 rings (SSSR count). The van der Waals surface area contributed by atoms with Crippen LogP contribution in [0.4, 0.5) is 5.69 Å². The molecule has 2 heterocycles. The molecule has 1 amide bonds. The van der Waals surface area contributed by atoms with E-state index in [2.05, 4.69) is 25.8 Å². The number of nitrogens with zero attached hydrogens (tertiary/aromatic N) is 5. The minimum absolute atomic E-state index is 0.120. The molecule has 0 radical (unpaired) electrons. The first-order valence-electron chi connectivity index (χ1n) is 10.0. The largest absolute Gasteiger partial charge is 0.441 e. The van der Waals surface area contributed by atoms with E-state index in [0.29, 0.717) is 40.6 Å². The fraction of sp³-hybridized carbons (Fsp3) is 0.227. The molecule has 9 heteroatoms. The Morgan fingerprint density at radius 2 is 2.00 bits per heavy atom. The van der Waals surface area contributed by atoms with Gasteiger partial charge in [-0.3, -0.25) is 4.79 Å². The first kappa shape index (κ1) is 19.4. The van der Waals surface area contributed by atoms with Gasteiger partial charge in [0.2, 0.25) is 5.91 Å². The first-order valence-corrected chi connectivity index (χ1v) is 10.4. The molecule has 156 valence electrons. The second-order valence-corrected chi connectivity index (χ2v) is 7.87. The van der Waals surface area contributed by atoms with Crippen LogP contribution in [-0.2, 0) is 11.2 Å². The van der Waals surface area contributed by atoms with Gasteiger partial charge in [0.05, 0.1) is 12.2 Å². The number of hydrogen-bond acceptors (Lipinski definition) is 6. The summed E-state index contributed by atoms with van der Waals surface area (Å²) >= 11 is 5.92. The molecule has 4 aromatic rings. The molecule has 1 saturated carbocycles. The summed E-state index contributed by atoms with van der Waals surface area (Å²) < 4.78 is 7.61. The van der Waals surface area contributed by atoms with Gasteiger partial charge in [-0.15, -0.1) is 5.10 Å².